The van der Waals surface area contributed by atoms with Crippen LogP contribution >= 0.6 is 11.3 Å². The molecular formula is C14H21N3S. The summed E-state index contributed by atoms with van der Waals surface area (Å²) in [4.78, 5) is 4.60. The van der Waals surface area contributed by atoms with E-state index in [0.29, 0.717) is 12.5 Å². The zero-order chi connectivity index (χ0) is 13.2. The molecule has 0 amide bonds. The molecule has 0 aliphatic carbocycles. The SMILES string of the molecule is CC(C)CC(C)(CN)Nc1nc2ccccc2s1. The van der Waals surface area contributed by atoms with Crippen LogP contribution in [0.3, 0.4) is 0 Å². The van der Waals surface area contributed by atoms with Crippen molar-refractivity contribution in [2.45, 2.75) is 32.7 Å². The van der Waals surface area contributed by atoms with Crippen LogP contribution in [0.25, 0.3) is 10.2 Å². The molecule has 0 saturated heterocycles. The van der Waals surface area contributed by atoms with E-state index in [1.54, 1.807) is 11.3 Å². The number of fused-ring (bicyclic) bond motifs is 1. The van der Waals surface area contributed by atoms with Crippen molar-refractivity contribution in [1.29, 1.82) is 0 Å². The van der Waals surface area contributed by atoms with Gasteiger partial charge in [0.1, 0.15) is 0 Å². The molecule has 98 valence electrons. The highest BCUT2D eigenvalue weighted by molar-refractivity contribution is 7.22. The Hall–Kier alpha value is -1.13. The van der Waals surface area contributed by atoms with Gasteiger partial charge in [0.05, 0.1) is 10.2 Å². The van der Waals surface area contributed by atoms with Gasteiger partial charge in [-0.3, -0.25) is 0 Å². The largest absolute Gasteiger partial charge is 0.355 e. The summed E-state index contributed by atoms with van der Waals surface area (Å²) in [5.74, 6) is 0.612. The van der Waals surface area contributed by atoms with Gasteiger partial charge in [-0.15, -0.1) is 0 Å². The number of nitrogens with two attached hydrogens (primary N) is 1. The molecule has 0 aliphatic rings. The molecule has 18 heavy (non-hydrogen) atoms. The molecule has 1 aromatic heterocycles. The minimum atomic E-state index is -0.0813. The zero-order valence-corrected chi connectivity index (χ0v) is 12.1. The van der Waals surface area contributed by atoms with Crippen LogP contribution in [-0.2, 0) is 0 Å². The molecule has 0 saturated carbocycles. The maximum absolute atomic E-state index is 5.91. The topological polar surface area (TPSA) is 50.9 Å². The molecule has 1 heterocycles. The molecule has 3 nitrogen and oxygen atoms in total. The molecule has 1 unspecified atom stereocenters. The first-order valence-corrected chi connectivity index (χ1v) is 7.18. The first-order chi connectivity index (χ1) is 8.52. The van der Waals surface area contributed by atoms with E-state index in [4.69, 9.17) is 5.73 Å². The van der Waals surface area contributed by atoms with E-state index in [0.717, 1.165) is 17.1 Å². The summed E-state index contributed by atoms with van der Waals surface area (Å²) in [6, 6.07) is 8.20. The lowest BCUT2D eigenvalue weighted by atomic mass is 9.91. The van der Waals surface area contributed by atoms with E-state index in [-0.39, 0.29) is 5.54 Å². The van der Waals surface area contributed by atoms with Crippen LogP contribution in [-0.4, -0.2) is 17.1 Å². The second-order valence-corrected chi connectivity index (χ2v) is 6.51. The highest BCUT2D eigenvalue weighted by Gasteiger charge is 2.24. The maximum Gasteiger partial charge on any atom is 0.184 e. The Kier molecular flexibility index (Phi) is 3.88. The number of nitrogens with one attached hydrogen (secondary N) is 1. The Morgan fingerprint density at radius 2 is 2.11 bits per heavy atom. The van der Waals surface area contributed by atoms with Crippen molar-refractivity contribution >= 4 is 26.7 Å². The van der Waals surface area contributed by atoms with E-state index < -0.39 is 0 Å². The average molecular weight is 263 g/mol. The molecule has 2 rings (SSSR count). The zero-order valence-electron chi connectivity index (χ0n) is 11.2. The lowest BCUT2D eigenvalue weighted by Crippen LogP contribution is -2.43. The summed E-state index contributed by atoms with van der Waals surface area (Å²) in [6.45, 7) is 7.21. The minimum absolute atomic E-state index is 0.0813. The van der Waals surface area contributed by atoms with Crippen molar-refractivity contribution in [3.8, 4) is 0 Å². The van der Waals surface area contributed by atoms with Crippen molar-refractivity contribution < 1.29 is 0 Å². The molecule has 0 aliphatic heterocycles. The van der Waals surface area contributed by atoms with E-state index in [1.807, 2.05) is 18.2 Å². The van der Waals surface area contributed by atoms with Crippen LogP contribution in [0, 0.1) is 5.92 Å². The second-order valence-electron chi connectivity index (χ2n) is 5.47. The van der Waals surface area contributed by atoms with Crippen LogP contribution in [0.4, 0.5) is 5.13 Å². The quantitative estimate of drug-likeness (QED) is 0.868. The van der Waals surface area contributed by atoms with Gasteiger partial charge in [-0.2, -0.15) is 0 Å². The molecule has 0 fully saturated rings. The molecule has 0 radical (unpaired) electrons. The maximum atomic E-state index is 5.91. The highest BCUT2D eigenvalue weighted by atomic mass is 32.1. The van der Waals surface area contributed by atoms with Crippen molar-refractivity contribution in [2.24, 2.45) is 11.7 Å². The Morgan fingerprint density at radius 1 is 1.39 bits per heavy atom. The summed E-state index contributed by atoms with van der Waals surface area (Å²) in [5, 5.41) is 4.47. The molecule has 3 N–H and O–H groups in total. The van der Waals surface area contributed by atoms with Gasteiger partial charge in [0.2, 0.25) is 0 Å². The molecule has 2 aromatic rings. The fraction of sp³-hybridized carbons (Fsp3) is 0.500. The van der Waals surface area contributed by atoms with Gasteiger partial charge >= 0.3 is 0 Å². The first kappa shape index (κ1) is 13.3. The van der Waals surface area contributed by atoms with E-state index >= 15 is 0 Å². The third-order valence-electron chi connectivity index (χ3n) is 3.01. The van der Waals surface area contributed by atoms with Crippen LogP contribution < -0.4 is 11.1 Å². The van der Waals surface area contributed by atoms with Crippen LogP contribution in [0.1, 0.15) is 27.2 Å². The van der Waals surface area contributed by atoms with Crippen LogP contribution in [0.15, 0.2) is 24.3 Å². The van der Waals surface area contributed by atoms with Gasteiger partial charge in [0, 0.05) is 12.1 Å². The molecule has 1 aromatic carbocycles. The normalized spacial score (nSPS) is 14.9. The Balaban J connectivity index is 2.21. The van der Waals surface area contributed by atoms with Crippen LogP contribution in [0.2, 0.25) is 0 Å². The monoisotopic (exact) mass is 263 g/mol. The lowest BCUT2D eigenvalue weighted by Gasteiger charge is -2.30. The number of hydrogen-bond acceptors (Lipinski definition) is 4. The molecule has 4 heteroatoms. The lowest BCUT2D eigenvalue weighted by molar-refractivity contribution is 0.407. The number of benzene rings is 1. The predicted molar refractivity (Wildman–Crippen MR) is 80.2 cm³/mol. The number of rotatable bonds is 5. The van der Waals surface area contributed by atoms with Gasteiger partial charge in [-0.25, -0.2) is 4.98 Å². The van der Waals surface area contributed by atoms with Crippen LogP contribution in [0.5, 0.6) is 0 Å². The Morgan fingerprint density at radius 3 is 2.72 bits per heavy atom. The van der Waals surface area contributed by atoms with Crippen molar-refractivity contribution in [2.75, 3.05) is 11.9 Å². The number of hydrogen-bond donors (Lipinski definition) is 2. The summed E-state index contributed by atoms with van der Waals surface area (Å²) in [7, 11) is 0. The summed E-state index contributed by atoms with van der Waals surface area (Å²) in [6.07, 6.45) is 1.04. The van der Waals surface area contributed by atoms with Crippen molar-refractivity contribution in [3.63, 3.8) is 0 Å². The van der Waals surface area contributed by atoms with E-state index in [1.165, 1.54) is 4.70 Å². The van der Waals surface area contributed by atoms with E-state index in [2.05, 4.69) is 37.1 Å². The number of nitrogens with zero attached hydrogens (tertiary/aromatic N) is 1. The van der Waals surface area contributed by atoms with Crippen molar-refractivity contribution in [1.82, 2.24) is 4.98 Å². The van der Waals surface area contributed by atoms with E-state index in [9.17, 15) is 0 Å². The number of aromatic nitrogens is 1. The Bertz CT molecular complexity index is 487. The minimum Gasteiger partial charge on any atom is -0.355 e. The fourth-order valence-corrected chi connectivity index (χ4v) is 3.28. The predicted octanol–water partition coefficient (Wildman–Crippen LogP) is 3.47. The summed E-state index contributed by atoms with van der Waals surface area (Å²) >= 11 is 1.69. The fourth-order valence-electron chi connectivity index (χ4n) is 2.27. The summed E-state index contributed by atoms with van der Waals surface area (Å²) < 4.78 is 1.21. The highest BCUT2D eigenvalue weighted by Crippen LogP contribution is 2.29. The molecule has 0 spiro atoms. The van der Waals surface area contributed by atoms with Gasteiger partial charge < -0.3 is 11.1 Å². The second kappa shape index (κ2) is 5.24. The molecular weight excluding hydrogens is 242 g/mol. The average Bonchev–Trinajstić information content (AvgIpc) is 2.69. The third-order valence-corrected chi connectivity index (χ3v) is 3.96. The molecule has 0 bridgehead atoms. The third kappa shape index (κ3) is 3.00. The van der Waals surface area contributed by atoms with Gasteiger partial charge in [0.25, 0.3) is 0 Å². The van der Waals surface area contributed by atoms with Crippen molar-refractivity contribution in [3.05, 3.63) is 24.3 Å². The smallest absolute Gasteiger partial charge is 0.184 e. The Labute approximate surface area is 112 Å². The standard InChI is InChI=1S/C14H21N3S/c1-10(2)8-14(3,9-15)17-13-16-11-6-4-5-7-12(11)18-13/h4-7,10H,8-9,15H2,1-3H3,(H,16,17). The van der Waals surface area contributed by atoms with Gasteiger partial charge in [-0.1, -0.05) is 37.3 Å². The number of anilines is 1. The summed E-state index contributed by atoms with van der Waals surface area (Å²) in [5.41, 5.74) is 6.88. The first-order valence-electron chi connectivity index (χ1n) is 6.36. The number of para-hydroxylation sites is 1. The van der Waals surface area contributed by atoms with Gasteiger partial charge in [0.15, 0.2) is 5.13 Å². The number of thiazole rings is 1. The molecule has 1 atom stereocenters. The van der Waals surface area contributed by atoms with Gasteiger partial charge in [-0.05, 0) is 31.4 Å².